The number of H-pyrrole nitrogens is 1. The molecule has 3 N–H and O–H groups in total. The number of hydrogen-bond acceptors (Lipinski definition) is 3. The third kappa shape index (κ3) is 1.33. The predicted molar refractivity (Wildman–Crippen MR) is 48.7 cm³/mol. The lowest BCUT2D eigenvalue weighted by molar-refractivity contribution is 0.749. The first-order valence-electron chi connectivity index (χ1n) is 4.04. The number of rotatable bonds is 2. The number of nitrogens with zero attached hydrogens (tertiary/aromatic N) is 3. The summed E-state index contributed by atoms with van der Waals surface area (Å²) in [6, 6.07) is 1.95. The molecule has 2 aromatic rings. The Morgan fingerprint density at radius 3 is 3.00 bits per heavy atom. The fourth-order valence-corrected chi connectivity index (χ4v) is 1.24. The van der Waals surface area contributed by atoms with Gasteiger partial charge in [0, 0.05) is 25.0 Å². The van der Waals surface area contributed by atoms with E-state index in [1.807, 2.05) is 25.5 Å². The summed E-state index contributed by atoms with van der Waals surface area (Å²) >= 11 is 0. The molecule has 0 fully saturated rings. The molecule has 0 aliphatic heterocycles. The van der Waals surface area contributed by atoms with Gasteiger partial charge in [-0.1, -0.05) is 0 Å². The number of hydrogen-bond donors (Lipinski definition) is 2. The van der Waals surface area contributed by atoms with Gasteiger partial charge in [0.2, 0.25) is 0 Å². The van der Waals surface area contributed by atoms with Gasteiger partial charge in [-0.25, -0.2) is 9.67 Å². The SMILES string of the molecule is Cn1nc(CN)nc1-c1cc[nH]c1. The van der Waals surface area contributed by atoms with Crippen LogP contribution in [0.5, 0.6) is 0 Å². The molecule has 0 aliphatic rings. The molecule has 2 heterocycles. The molecule has 0 radical (unpaired) electrons. The highest BCUT2D eigenvalue weighted by atomic mass is 15.3. The Hall–Kier alpha value is -1.62. The van der Waals surface area contributed by atoms with Crippen LogP contribution in [0.25, 0.3) is 11.4 Å². The van der Waals surface area contributed by atoms with E-state index in [4.69, 9.17) is 5.73 Å². The fraction of sp³-hybridized carbons (Fsp3) is 0.250. The molecule has 5 heteroatoms. The number of nitrogens with one attached hydrogen (secondary N) is 1. The zero-order valence-electron chi connectivity index (χ0n) is 7.36. The summed E-state index contributed by atoms with van der Waals surface area (Å²) in [4.78, 5) is 7.25. The first-order chi connectivity index (χ1) is 6.31. The maximum Gasteiger partial charge on any atom is 0.164 e. The lowest BCUT2D eigenvalue weighted by Gasteiger charge is -1.93. The van der Waals surface area contributed by atoms with Crippen molar-refractivity contribution in [1.82, 2.24) is 19.7 Å². The van der Waals surface area contributed by atoms with Crippen molar-refractivity contribution < 1.29 is 0 Å². The molecule has 5 nitrogen and oxygen atoms in total. The van der Waals surface area contributed by atoms with Gasteiger partial charge in [0.15, 0.2) is 11.6 Å². The van der Waals surface area contributed by atoms with Crippen LogP contribution >= 0.6 is 0 Å². The van der Waals surface area contributed by atoms with Crippen LogP contribution in [0.15, 0.2) is 18.5 Å². The van der Waals surface area contributed by atoms with E-state index < -0.39 is 0 Å². The second-order valence-electron chi connectivity index (χ2n) is 2.78. The molecule has 2 aromatic heterocycles. The summed E-state index contributed by atoms with van der Waals surface area (Å²) in [5.41, 5.74) is 6.46. The van der Waals surface area contributed by atoms with E-state index in [2.05, 4.69) is 15.1 Å². The average Bonchev–Trinajstić information content (AvgIpc) is 2.72. The van der Waals surface area contributed by atoms with Crippen molar-refractivity contribution in [2.45, 2.75) is 6.54 Å². The summed E-state index contributed by atoms with van der Waals surface area (Å²) in [7, 11) is 1.86. The average molecular weight is 177 g/mol. The van der Waals surface area contributed by atoms with E-state index in [9.17, 15) is 0 Å². The van der Waals surface area contributed by atoms with E-state index in [1.54, 1.807) is 4.68 Å². The van der Waals surface area contributed by atoms with Crippen LogP contribution in [0.3, 0.4) is 0 Å². The topological polar surface area (TPSA) is 72.5 Å². The van der Waals surface area contributed by atoms with Gasteiger partial charge < -0.3 is 10.7 Å². The van der Waals surface area contributed by atoms with Crippen molar-refractivity contribution >= 4 is 0 Å². The minimum atomic E-state index is 0.373. The first kappa shape index (κ1) is 8.00. The highest BCUT2D eigenvalue weighted by molar-refractivity contribution is 5.53. The van der Waals surface area contributed by atoms with Crippen LogP contribution in [0, 0.1) is 0 Å². The van der Waals surface area contributed by atoms with Crippen molar-refractivity contribution in [3.8, 4) is 11.4 Å². The second-order valence-corrected chi connectivity index (χ2v) is 2.78. The van der Waals surface area contributed by atoms with Gasteiger partial charge in [-0.2, -0.15) is 5.10 Å². The van der Waals surface area contributed by atoms with Gasteiger partial charge in [0.25, 0.3) is 0 Å². The molecule has 2 rings (SSSR count). The fourth-order valence-electron chi connectivity index (χ4n) is 1.24. The standard InChI is InChI=1S/C8H11N5/c1-13-8(6-2-3-10-5-6)11-7(4-9)12-13/h2-3,5,10H,4,9H2,1H3. The highest BCUT2D eigenvalue weighted by Gasteiger charge is 2.07. The Labute approximate surface area is 75.6 Å². The lowest BCUT2D eigenvalue weighted by atomic mass is 10.3. The van der Waals surface area contributed by atoms with Crippen molar-refractivity contribution in [2.75, 3.05) is 0 Å². The Morgan fingerprint density at radius 1 is 1.62 bits per heavy atom. The smallest absolute Gasteiger partial charge is 0.164 e. The summed E-state index contributed by atoms with van der Waals surface area (Å²) in [5.74, 6) is 1.50. The summed E-state index contributed by atoms with van der Waals surface area (Å²) in [6.45, 7) is 0.373. The molecule has 0 aliphatic carbocycles. The Morgan fingerprint density at radius 2 is 2.46 bits per heavy atom. The van der Waals surface area contributed by atoms with Crippen LogP contribution in [-0.2, 0) is 13.6 Å². The van der Waals surface area contributed by atoms with Crippen molar-refractivity contribution in [3.05, 3.63) is 24.3 Å². The van der Waals surface area contributed by atoms with Gasteiger partial charge >= 0.3 is 0 Å². The van der Waals surface area contributed by atoms with Gasteiger partial charge in [-0.15, -0.1) is 0 Å². The van der Waals surface area contributed by atoms with Crippen LogP contribution in [0.4, 0.5) is 0 Å². The van der Waals surface area contributed by atoms with Gasteiger partial charge in [0.1, 0.15) is 0 Å². The van der Waals surface area contributed by atoms with Gasteiger partial charge in [0.05, 0.1) is 6.54 Å². The molecule has 68 valence electrons. The van der Waals surface area contributed by atoms with E-state index in [0.717, 1.165) is 11.4 Å². The number of nitrogens with two attached hydrogens (primary N) is 1. The molecule has 0 amide bonds. The molecular weight excluding hydrogens is 166 g/mol. The number of aryl methyl sites for hydroxylation is 1. The summed E-state index contributed by atoms with van der Waals surface area (Å²) < 4.78 is 1.73. The lowest BCUT2D eigenvalue weighted by Crippen LogP contribution is -1.99. The normalized spacial score (nSPS) is 10.6. The molecule has 0 saturated carbocycles. The zero-order chi connectivity index (χ0) is 9.26. The van der Waals surface area contributed by atoms with Crippen LogP contribution in [0.1, 0.15) is 5.82 Å². The molecule has 0 spiro atoms. The minimum absolute atomic E-state index is 0.373. The highest BCUT2D eigenvalue weighted by Crippen LogP contribution is 2.14. The van der Waals surface area contributed by atoms with Crippen LogP contribution in [-0.4, -0.2) is 19.7 Å². The number of aromatic amines is 1. The quantitative estimate of drug-likeness (QED) is 0.691. The predicted octanol–water partition coefficient (Wildman–Crippen LogP) is 0.269. The molecule has 0 aromatic carbocycles. The third-order valence-electron chi connectivity index (χ3n) is 1.85. The molecule has 13 heavy (non-hydrogen) atoms. The van der Waals surface area contributed by atoms with E-state index in [1.165, 1.54) is 0 Å². The monoisotopic (exact) mass is 177 g/mol. The maximum absolute atomic E-state index is 5.44. The van der Waals surface area contributed by atoms with Gasteiger partial charge in [-0.05, 0) is 6.07 Å². The Kier molecular flexibility index (Phi) is 1.86. The Bertz CT molecular complexity index is 387. The Balaban J connectivity index is 2.46. The first-order valence-corrected chi connectivity index (χ1v) is 4.04. The largest absolute Gasteiger partial charge is 0.367 e. The number of aromatic nitrogens is 4. The van der Waals surface area contributed by atoms with E-state index in [-0.39, 0.29) is 0 Å². The van der Waals surface area contributed by atoms with Crippen molar-refractivity contribution in [1.29, 1.82) is 0 Å². The van der Waals surface area contributed by atoms with E-state index in [0.29, 0.717) is 12.4 Å². The van der Waals surface area contributed by atoms with Crippen LogP contribution < -0.4 is 5.73 Å². The van der Waals surface area contributed by atoms with Crippen LogP contribution in [0.2, 0.25) is 0 Å². The molecule has 0 unspecified atom stereocenters. The maximum atomic E-state index is 5.44. The third-order valence-corrected chi connectivity index (χ3v) is 1.85. The second kappa shape index (κ2) is 3.02. The van der Waals surface area contributed by atoms with Crippen molar-refractivity contribution in [3.63, 3.8) is 0 Å². The summed E-state index contributed by atoms with van der Waals surface area (Å²) in [5, 5.41) is 4.15. The van der Waals surface area contributed by atoms with Gasteiger partial charge in [-0.3, -0.25) is 0 Å². The summed E-state index contributed by atoms with van der Waals surface area (Å²) in [6.07, 6.45) is 3.73. The van der Waals surface area contributed by atoms with E-state index >= 15 is 0 Å². The van der Waals surface area contributed by atoms with Crippen molar-refractivity contribution in [2.24, 2.45) is 12.8 Å². The molecule has 0 bridgehead atoms. The molecular formula is C8H11N5. The zero-order valence-corrected chi connectivity index (χ0v) is 7.36. The minimum Gasteiger partial charge on any atom is -0.367 e. The molecule has 0 saturated heterocycles. The molecule has 0 atom stereocenters.